The maximum atomic E-state index is 11.8. The molecule has 0 aromatic heterocycles. The van der Waals surface area contributed by atoms with E-state index in [9.17, 15) is 4.79 Å². The maximum Gasteiger partial charge on any atom is 0.407 e. The van der Waals surface area contributed by atoms with Gasteiger partial charge in [-0.25, -0.2) is 4.79 Å². The molecule has 142 valence electrons. The minimum atomic E-state index is -0.472. The zero-order valence-electron chi connectivity index (χ0n) is 15.6. The van der Waals surface area contributed by atoms with E-state index in [1.807, 2.05) is 27.7 Å². The quantitative estimate of drug-likeness (QED) is 0.278. The van der Waals surface area contributed by atoms with E-state index in [-0.39, 0.29) is 36.1 Å². The molecule has 1 rings (SSSR count). The van der Waals surface area contributed by atoms with E-state index in [2.05, 4.69) is 20.5 Å². The van der Waals surface area contributed by atoms with Crippen LogP contribution >= 0.6 is 24.0 Å². The van der Waals surface area contributed by atoms with Crippen molar-refractivity contribution >= 4 is 36.0 Å². The first-order chi connectivity index (χ1) is 10.9. The normalized spacial score (nSPS) is 18.1. The van der Waals surface area contributed by atoms with Crippen LogP contribution in [0.25, 0.3) is 0 Å². The largest absolute Gasteiger partial charge is 0.444 e. The summed E-state index contributed by atoms with van der Waals surface area (Å²) in [6.45, 7) is 11.5. The smallest absolute Gasteiger partial charge is 0.407 e. The number of nitrogens with zero attached hydrogens (tertiary/aromatic N) is 2. The second kappa shape index (κ2) is 11.7. The molecule has 1 unspecified atom stereocenters. The lowest BCUT2D eigenvalue weighted by Crippen LogP contribution is -2.44. The SMILES string of the molecule is CCOCCCNC(=NC)N1CCC(NC(=O)OC(C)(C)C)C1.I. The second-order valence-electron chi connectivity index (χ2n) is 6.60. The summed E-state index contributed by atoms with van der Waals surface area (Å²) in [7, 11) is 1.78. The van der Waals surface area contributed by atoms with Gasteiger partial charge in [-0.1, -0.05) is 0 Å². The van der Waals surface area contributed by atoms with Crippen LogP contribution in [0.2, 0.25) is 0 Å². The number of amides is 1. The van der Waals surface area contributed by atoms with Gasteiger partial charge >= 0.3 is 6.09 Å². The molecule has 1 amide bonds. The van der Waals surface area contributed by atoms with Gasteiger partial charge in [0.2, 0.25) is 0 Å². The van der Waals surface area contributed by atoms with Crippen LogP contribution in [0.1, 0.15) is 40.5 Å². The van der Waals surface area contributed by atoms with Crippen LogP contribution in [0.3, 0.4) is 0 Å². The van der Waals surface area contributed by atoms with Crippen molar-refractivity contribution in [3.8, 4) is 0 Å². The van der Waals surface area contributed by atoms with Crippen LogP contribution in [0, 0.1) is 0 Å². The van der Waals surface area contributed by atoms with E-state index in [4.69, 9.17) is 9.47 Å². The summed E-state index contributed by atoms with van der Waals surface area (Å²) >= 11 is 0. The number of rotatable bonds is 6. The predicted molar refractivity (Wildman–Crippen MR) is 107 cm³/mol. The number of nitrogens with one attached hydrogen (secondary N) is 2. The number of carbonyl (C=O) groups is 1. The van der Waals surface area contributed by atoms with Gasteiger partial charge in [0.05, 0.1) is 6.04 Å². The van der Waals surface area contributed by atoms with E-state index < -0.39 is 5.60 Å². The van der Waals surface area contributed by atoms with Gasteiger partial charge in [0, 0.05) is 39.9 Å². The monoisotopic (exact) mass is 456 g/mol. The van der Waals surface area contributed by atoms with Gasteiger partial charge in [-0.3, -0.25) is 4.99 Å². The molecule has 1 aliphatic heterocycles. The minimum absolute atomic E-state index is 0. The Morgan fingerprint density at radius 1 is 1.38 bits per heavy atom. The number of carbonyl (C=O) groups excluding carboxylic acids is 1. The molecule has 1 saturated heterocycles. The van der Waals surface area contributed by atoms with Gasteiger partial charge in [0.15, 0.2) is 5.96 Å². The van der Waals surface area contributed by atoms with Gasteiger partial charge in [0.1, 0.15) is 5.60 Å². The molecule has 0 aliphatic carbocycles. The molecule has 24 heavy (non-hydrogen) atoms. The molecule has 2 N–H and O–H groups in total. The van der Waals surface area contributed by atoms with Crippen LogP contribution < -0.4 is 10.6 Å². The van der Waals surface area contributed by atoms with E-state index in [1.165, 1.54) is 0 Å². The van der Waals surface area contributed by atoms with Crippen LogP contribution in [0.15, 0.2) is 4.99 Å². The molecular formula is C16H33IN4O3. The summed E-state index contributed by atoms with van der Waals surface area (Å²) in [6.07, 6.45) is 1.48. The second-order valence-corrected chi connectivity index (χ2v) is 6.60. The topological polar surface area (TPSA) is 75.2 Å². The fourth-order valence-corrected chi connectivity index (χ4v) is 2.40. The Balaban J connectivity index is 0.00000529. The highest BCUT2D eigenvalue weighted by Gasteiger charge is 2.27. The average molecular weight is 456 g/mol. The fraction of sp³-hybridized carbons (Fsp3) is 0.875. The molecule has 0 saturated carbocycles. The lowest BCUT2D eigenvalue weighted by molar-refractivity contribution is 0.0507. The van der Waals surface area contributed by atoms with Crippen molar-refractivity contribution in [1.82, 2.24) is 15.5 Å². The van der Waals surface area contributed by atoms with Crippen molar-refractivity contribution in [2.45, 2.75) is 52.2 Å². The highest BCUT2D eigenvalue weighted by molar-refractivity contribution is 14.0. The number of hydrogen-bond donors (Lipinski definition) is 2. The minimum Gasteiger partial charge on any atom is -0.444 e. The molecule has 1 atom stereocenters. The van der Waals surface area contributed by atoms with E-state index in [0.29, 0.717) is 0 Å². The Morgan fingerprint density at radius 3 is 2.67 bits per heavy atom. The molecule has 8 heteroatoms. The molecule has 1 aliphatic rings. The van der Waals surface area contributed by atoms with E-state index in [1.54, 1.807) is 7.05 Å². The standard InChI is InChI=1S/C16H32N4O3.HI/c1-6-22-11-7-9-18-14(17-5)20-10-8-13(12-20)19-15(21)23-16(2,3)4;/h13H,6-12H2,1-5H3,(H,17,18)(H,19,21);1H. The summed E-state index contributed by atoms with van der Waals surface area (Å²) in [5.74, 6) is 0.870. The van der Waals surface area contributed by atoms with Crippen LogP contribution in [-0.2, 0) is 9.47 Å². The summed E-state index contributed by atoms with van der Waals surface area (Å²) in [5, 5.41) is 6.26. The number of alkyl carbamates (subject to hydrolysis) is 1. The molecule has 0 aromatic carbocycles. The number of hydrogen-bond acceptors (Lipinski definition) is 4. The van der Waals surface area contributed by atoms with Crippen molar-refractivity contribution in [2.24, 2.45) is 4.99 Å². The van der Waals surface area contributed by atoms with Gasteiger partial charge < -0.3 is 25.0 Å². The Kier molecular flexibility index (Phi) is 11.4. The summed E-state index contributed by atoms with van der Waals surface area (Å²) in [4.78, 5) is 18.3. The van der Waals surface area contributed by atoms with Crippen molar-refractivity contribution in [2.75, 3.05) is 39.9 Å². The van der Waals surface area contributed by atoms with Crippen LogP contribution in [0.4, 0.5) is 4.79 Å². The third kappa shape index (κ3) is 9.51. The van der Waals surface area contributed by atoms with E-state index in [0.717, 1.165) is 51.6 Å². The predicted octanol–water partition coefficient (Wildman–Crippen LogP) is 2.21. The molecular weight excluding hydrogens is 423 g/mol. The first-order valence-corrected chi connectivity index (χ1v) is 8.38. The van der Waals surface area contributed by atoms with Crippen molar-refractivity contribution in [3.63, 3.8) is 0 Å². The van der Waals surface area contributed by atoms with Crippen LogP contribution in [0.5, 0.6) is 0 Å². The van der Waals surface area contributed by atoms with Gasteiger partial charge in [-0.05, 0) is 40.5 Å². The fourth-order valence-electron chi connectivity index (χ4n) is 2.40. The first-order valence-electron chi connectivity index (χ1n) is 8.38. The molecule has 0 radical (unpaired) electrons. The highest BCUT2D eigenvalue weighted by Crippen LogP contribution is 2.11. The van der Waals surface area contributed by atoms with Crippen molar-refractivity contribution < 1.29 is 14.3 Å². The molecule has 0 aromatic rings. The zero-order valence-corrected chi connectivity index (χ0v) is 17.9. The number of ether oxygens (including phenoxy) is 2. The third-order valence-corrected chi connectivity index (χ3v) is 3.37. The van der Waals surface area contributed by atoms with Gasteiger partial charge in [-0.15, -0.1) is 24.0 Å². The Bertz CT molecular complexity index is 399. The summed E-state index contributed by atoms with van der Waals surface area (Å²) in [6, 6.07) is 0.0897. The van der Waals surface area contributed by atoms with Gasteiger partial charge in [0.25, 0.3) is 0 Å². The lowest BCUT2D eigenvalue weighted by Gasteiger charge is -2.23. The molecule has 7 nitrogen and oxygen atoms in total. The number of halogens is 1. The molecule has 1 fully saturated rings. The van der Waals surface area contributed by atoms with Gasteiger partial charge in [-0.2, -0.15) is 0 Å². The van der Waals surface area contributed by atoms with Crippen molar-refractivity contribution in [3.05, 3.63) is 0 Å². The number of guanidine groups is 1. The number of aliphatic imine (C=N–C) groups is 1. The average Bonchev–Trinajstić information content (AvgIpc) is 2.89. The zero-order chi connectivity index (χ0) is 17.3. The van der Waals surface area contributed by atoms with E-state index >= 15 is 0 Å². The Labute approximate surface area is 162 Å². The lowest BCUT2D eigenvalue weighted by atomic mass is 10.2. The van der Waals surface area contributed by atoms with Crippen molar-refractivity contribution in [1.29, 1.82) is 0 Å². The first kappa shape index (κ1) is 23.2. The molecule has 1 heterocycles. The molecule has 0 bridgehead atoms. The number of likely N-dealkylation sites (tertiary alicyclic amines) is 1. The highest BCUT2D eigenvalue weighted by atomic mass is 127. The summed E-state index contributed by atoms with van der Waals surface area (Å²) < 4.78 is 10.6. The summed E-state index contributed by atoms with van der Waals surface area (Å²) in [5.41, 5.74) is -0.472. The molecule has 0 spiro atoms. The van der Waals surface area contributed by atoms with Crippen LogP contribution in [-0.4, -0.2) is 68.5 Å². The Morgan fingerprint density at radius 2 is 2.08 bits per heavy atom. The Hall–Kier alpha value is -0.770. The third-order valence-electron chi connectivity index (χ3n) is 3.37. The maximum absolute atomic E-state index is 11.8.